The number of aliphatic hydroxyl groups is 1. The molecule has 0 aliphatic heterocycles. The van der Waals surface area contributed by atoms with Gasteiger partial charge in [0.2, 0.25) is 0 Å². The van der Waals surface area contributed by atoms with Gasteiger partial charge in [-0.2, -0.15) is 0 Å². The lowest BCUT2D eigenvalue weighted by Crippen LogP contribution is -2.28. The van der Waals surface area contributed by atoms with E-state index in [2.05, 4.69) is 24.0 Å². The van der Waals surface area contributed by atoms with Crippen molar-refractivity contribution in [1.82, 2.24) is 4.90 Å². The molecule has 1 aromatic carbocycles. The molecule has 0 aliphatic carbocycles. The van der Waals surface area contributed by atoms with Crippen LogP contribution in [0.15, 0.2) is 24.3 Å². The Morgan fingerprint density at radius 2 is 2.00 bits per heavy atom. The van der Waals surface area contributed by atoms with E-state index in [4.69, 9.17) is 10.8 Å². The first kappa shape index (κ1) is 15.0. The SMILES string of the molecule is CCCN(CCO)CCCCc1cccc(N)c1. The van der Waals surface area contributed by atoms with E-state index < -0.39 is 0 Å². The summed E-state index contributed by atoms with van der Waals surface area (Å²) < 4.78 is 0. The third-order valence-corrected chi connectivity index (χ3v) is 3.10. The van der Waals surface area contributed by atoms with E-state index in [1.807, 2.05) is 12.1 Å². The van der Waals surface area contributed by atoms with E-state index in [1.54, 1.807) is 0 Å². The van der Waals surface area contributed by atoms with Crippen molar-refractivity contribution in [2.45, 2.75) is 32.6 Å². The Morgan fingerprint density at radius 3 is 2.67 bits per heavy atom. The summed E-state index contributed by atoms with van der Waals surface area (Å²) in [5.41, 5.74) is 7.92. The van der Waals surface area contributed by atoms with Gasteiger partial charge in [0.15, 0.2) is 0 Å². The first-order valence-corrected chi connectivity index (χ1v) is 6.94. The van der Waals surface area contributed by atoms with E-state index in [1.165, 1.54) is 18.4 Å². The minimum Gasteiger partial charge on any atom is -0.399 e. The van der Waals surface area contributed by atoms with Crippen LogP contribution in [0, 0.1) is 0 Å². The zero-order valence-electron chi connectivity index (χ0n) is 11.4. The molecule has 1 rings (SSSR count). The van der Waals surface area contributed by atoms with Gasteiger partial charge in [-0.3, -0.25) is 0 Å². The molecular formula is C15H26N2O. The number of anilines is 1. The van der Waals surface area contributed by atoms with Gasteiger partial charge < -0.3 is 15.7 Å². The first-order valence-electron chi connectivity index (χ1n) is 6.94. The van der Waals surface area contributed by atoms with Crippen LogP contribution >= 0.6 is 0 Å². The minimum absolute atomic E-state index is 0.259. The van der Waals surface area contributed by atoms with Crippen molar-refractivity contribution >= 4 is 5.69 Å². The third kappa shape index (κ3) is 6.03. The number of nitrogen functional groups attached to an aromatic ring is 1. The Bertz CT molecular complexity index is 322. The lowest BCUT2D eigenvalue weighted by molar-refractivity contribution is 0.193. The number of hydrogen-bond donors (Lipinski definition) is 2. The van der Waals surface area contributed by atoms with Gasteiger partial charge in [0, 0.05) is 12.2 Å². The number of unbranched alkanes of at least 4 members (excludes halogenated alkanes) is 1. The monoisotopic (exact) mass is 250 g/mol. The largest absolute Gasteiger partial charge is 0.399 e. The number of nitrogens with two attached hydrogens (primary N) is 1. The molecule has 0 spiro atoms. The van der Waals surface area contributed by atoms with Crippen LogP contribution in [0.3, 0.4) is 0 Å². The standard InChI is InChI=1S/C15H26N2O/c1-2-9-17(11-12-18)10-4-3-6-14-7-5-8-15(16)13-14/h5,7-8,13,18H,2-4,6,9-12,16H2,1H3. The maximum Gasteiger partial charge on any atom is 0.0558 e. The Balaban J connectivity index is 2.20. The number of hydrogen-bond acceptors (Lipinski definition) is 3. The molecule has 0 unspecified atom stereocenters. The molecule has 0 aromatic heterocycles. The predicted molar refractivity (Wildman–Crippen MR) is 77.6 cm³/mol. The molecule has 0 aliphatic rings. The van der Waals surface area contributed by atoms with Gasteiger partial charge in [0.25, 0.3) is 0 Å². The zero-order valence-corrected chi connectivity index (χ0v) is 11.4. The lowest BCUT2D eigenvalue weighted by atomic mass is 10.1. The van der Waals surface area contributed by atoms with Crippen molar-refractivity contribution in [3.05, 3.63) is 29.8 Å². The molecule has 1 aromatic rings. The Labute approximate surface area is 111 Å². The lowest BCUT2D eigenvalue weighted by Gasteiger charge is -2.20. The van der Waals surface area contributed by atoms with Gasteiger partial charge in [-0.1, -0.05) is 19.1 Å². The van der Waals surface area contributed by atoms with Crippen molar-refractivity contribution in [3.63, 3.8) is 0 Å². The van der Waals surface area contributed by atoms with Crippen molar-refractivity contribution in [2.24, 2.45) is 0 Å². The van der Waals surface area contributed by atoms with Gasteiger partial charge in [0.05, 0.1) is 6.61 Å². The molecule has 3 nitrogen and oxygen atoms in total. The summed E-state index contributed by atoms with van der Waals surface area (Å²) in [5, 5.41) is 8.97. The van der Waals surface area contributed by atoms with Crippen LogP contribution in [0.4, 0.5) is 5.69 Å². The molecular weight excluding hydrogens is 224 g/mol. The second kappa shape index (κ2) is 8.95. The van der Waals surface area contributed by atoms with Crippen molar-refractivity contribution in [1.29, 1.82) is 0 Å². The average Bonchev–Trinajstić information content (AvgIpc) is 2.35. The highest BCUT2D eigenvalue weighted by atomic mass is 16.3. The molecule has 3 N–H and O–H groups in total. The fourth-order valence-corrected chi connectivity index (χ4v) is 2.21. The van der Waals surface area contributed by atoms with Crippen LogP contribution in [0.5, 0.6) is 0 Å². The van der Waals surface area contributed by atoms with E-state index in [0.717, 1.165) is 38.2 Å². The highest BCUT2D eigenvalue weighted by Gasteiger charge is 2.02. The molecule has 0 bridgehead atoms. The fraction of sp³-hybridized carbons (Fsp3) is 0.600. The van der Waals surface area contributed by atoms with Gasteiger partial charge >= 0.3 is 0 Å². The number of rotatable bonds is 9. The highest BCUT2D eigenvalue weighted by molar-refractivity contribution is 5.40. The van der Waals surface area contributed by atoms with Gasteiger partial charge in [-0.15, -0.1) is 0 Å². The Hall–Kier alpha value is -1.06. The summed E-state index contributed by atoms with van der Waals surface area (Å²) in [7, 11) is 0. The number of benzene rings is 1. The van der Waals surface area contributed by atoms with E-state index in [-0.39, 0.29) is 6.61 Å². The van der Waals surface area contributed by atoms with Crippen LogP contribution in [0.25, 0.3) is 0 Å². The topological polar surface area (TPSA) is 49.5 Å². The third-order valence-electron chi connectivity index (χ3n) is 3.10. The summed E-state index contributed by atoms with van der Waals surface area (Å²) in [6, 6.07) is 8.12. The zero-order chi connectivity index (χ0) is 13.2. The molecule has 0 saturated heterocycles. The molecule has 0 atom stereocenters. The predicted octanol–water partition coefficient (Wildman–Crippen LogP) is 2.30. The van der Waals surface area contributed by atoms with Crippen LogP contribution in [0.1, 0.15) is 31.7 Å². The molecule has 3 heteroatoms. The Kier molecular flexibility index (Phi) is 7.46. The first-order chi connectivity index (χ1) is 8.76. The van der Waals surface area contributed by atoms with Crippen LogP contribution in [0.2, 0.25) is 0 Å². The summed E-state index contributed by atoms with van der Waals surface area (Å²) in [6.07, 6.45) is 4.59. The van der Waals surface area contributed by atoms with Gasteiger partial charge in [-0.25, -0.2) is 0 Å². The quantitative estimate of drug-likeness (QED) is 0.522. The molecule has 0 fully saturated rings. The van der Waals surface area contributed by atoms with E-state index >= 15 is 0 Å². The Morgan fingerprint density at radius 1 is 1.17 bits per heavy atom. The second-order valence-electron chi connectivity index (χ2n) is 4.77. The van der Waals surface area contributed by atoms with E-state index in [0.29, 0.717) is 0 Å². The number of aliphatic hydroxyl groups excluding tert-OH is 1. The summed E-state index contributed by atoms with van der Waals surface area (Å²) >= 11 is 0. The normalized spacial score (nSPS) is 11.1. The van der Waals surface area contributed by atoms with Crippen LogP contribution < -0.4 is 5.73 Å². The summed E-state index contributed by atoms with van der Waals surface area (Å²) in [4.78, 5) is 2.33. The average molecular weight is 250 g/mol. The van der Waals surface area contributed by atoms with Crippen LogP contribution in [-0.2, 0) is 6.42 Å². The van der Waals surface area contributed by atoms with Crippen molar-refractivity contribution in [2.75, 3.05) is 32.0 Å². The number of aryl methyl sites for hydroxylation is 1. The maximum absolute atomic E-state index is 8.97. The molecule has 0 amide bonds. The summed E-state index contributed by atoms with van der Waals surface area (Å²) in [6.45, 7) is 5.40. The maximum atomic E-state index is 8.97. The molecule has 18 heavy (non-hydrogen) atoms. The van der Waals surface area contributed by atoms with Crippen molar-refractivity contribution in [3.8, 4) is 0 Å². The van der Waals surface area contributed by atoms with Gasteiger partial charge in [-0.05, 0) is 56.5 Å². The van der Waals surface area contributed by atoms with Crippen molar-refractivity contribution < 1.29 is 5.11 Å². The fourth-order valence-electron chi connectivity index (χ4n) is 2.21. The molecule has 0 heterocycles. The minimum atomic E-state index is 0.259. The molecule has 102 valence electrons. The van der Waals surface area contributed by atoms with Gasteiger partial charge in [0.1, 0.15) is 0 Å². The van der Waals surface area contributed by atoms with Crippen LogP contribution in [-0.4, -0.2) is 36.2 Å². The van der Waals surface area contributed by atoms with E-state index in [9.17, 15) is 0 Å². The molecule has 0 saturated carbocycles. The smallest absolute Gasteiger partial charge is 0.0558 e. The highest BCUT2D eigenvalue weighted by Crippen LogP contribution is 2.10. The second-order valence-corrected chi connectivity index (χ2v) is 4.77. The summed E-state index contributed by atoms with van der Waals surface area (Å²) in [5.74, 6) is 0. The number of nitrogens with zero attached hydrogens (tertiary/aromatic N) is 1. The molecule has 0 radical (unpaired) electrons.